The Morgan fingerprint density at radius 3 is 2.81 bits per heavy atom. The summed E-state index contributed by atoms with van der Waals surface area (Å²) >= 11 is 0. The highest BCUT2D eigenvalue weighted by Crippen LogP contribution is 2.26. The summed E-state index contributed by atoms with van der Waals surface area (Å²) in [5.41, 5.74) is 2.28. The molecule has 0 aliphatic carbocycles. The molecule has 0 fully saturated rings. The number of halogens is 1. The van der Waals surface area contributed by atoms with E-state index in [9.17, 15) is 9.18 Å². The van der Waals surface area contributed by atoms with Crippen LogP contribution in [0.15, 0.2) is 34.9 Å². The van der Waals surface area contributed by atoms with Crippen LogP contribution in [0, 0.1) is 12.7 Å². The third kappa shape index (κ3) is 4.14. The first-order valence-electron chi connectivity index (χ1n) is 8.26. The molecule has 2 N–H and O–H groups in total. The van der Waals surface area contributed by atoms with Crippen molar-refractivity contribution < 1.29 is 23.6 Å². The van der Waals surface area contributed by atoms with E-state index in [4.69, 9.17) is 14.4 Å². The minimum atomic E-state index is -0.359. The highest BCUT2D eigenvalue weighted by atomic mass is 19.1. The fraction of sp³-hybridized carbons (Fsp3) is 0.278. The molecule has 0 saturated heterocycles. The van der Waals surface area contributed by atoms with Crippen molar-refractivity contribution in [1.82, 2.24) is 20.3 Å². The number of aromatic nitrogens is 3. The van der Waals surface area contributed by atoms with Crippen LogP contribution in [0.2, 0.25) is 0 Å². The summed E-state index contributed by atoms with van der Waals surface area (Å²) in [7, 11) is 1.62. The maximum Gasteiger partial charge on any atom is 0.269 e. The maximum absolute atomic E-state index is 13.1. The first-order valence-corrected chi connectivity index (χ1v) is 8.26. The van der Waals surface area contributed by atoms with E-state index >= 15 is 0 Å². The normalized spacial score (nSPS) is 10.8. The first-order chi connectivity index (χ1) is 13.0. The molecule has 3 rings (SSSR count). The van der Waals surface area contributed by atoms with Gasteiger partial charge in [-0.05, 0) is 31.2 Å². The molecule has 0 saturated carbocycles. The largest absolute Gasteiger partial charge is 0.471 e. The Labute approximate surface area is 154 Å². The second-order valence-electron chi connectivity index (χ2n) is 5.83. The van der Waals surface area contributed by atoms with Crippen molar-refractivity contribution in [2.24, 2.45) is 7.05 Å². The zero-order valence-corrected chi connectivity index (χ0v) is 14.9. The van der Waals surface area contributed by atoms with Crippen molar-refractivity contribution >= 4 is 5.91 Å². The van der Waals surface area contributed by atoms with Gasteiger partial charge in [-0.3, -0.25) is 9.48 Å². The lowest BCUT2D eigenvalue weighted by molar-refractivity contribution is 0.0935. The number of ether oxygens (including phenoxy) is 1. The van der Waals surface area contributed by atoms with Crippen LogP contribution in [-0.2, 0) is 13.7 Å². The fourth-order valence-electron chi connectivity index (χ4n) is 2.53. The van der Waals surface area contributed by atoms with Crippen LogP contribution >= 0.6 is 0 Å². The second-order valence-corrected chi connectivity index (χ2v) is 5.83. The van der Waals surface area contributed by atoms with Crippen molar-refractivity contribution in [3.8, 4) is 17.1 Å². The Bertz CT molecular complexity index is 933. The molecule has 0 aliphatic heterocycles. The zero-order valence-electron chi connectivity index (χ0n) is 14.9. The molecule has 0 bridgehead atoms. The Kier molecular flexibility index (Phi) is 5.51. The number of hydrogen-bond donors (Lipinski definition) is 2. The van der Waals surface area contributed by atoms with Gasteiger partial charge in [-0.25, -0.2) is 4.39 Å². The number of benzene rings is 1. The summed E-state index contributed by atoms with van der Waals surface area (Å²) in [5.74, 6) is 0.141. The SMILES string of the molecule is Cc1onc(-c2ccc(F)cc2)c1COc1cc(C(=O)NCCO)n(C)n1. The number of nitrogens with one attached hydrogen (secondary N) is 1. The third-order valence-electron chi connectivity index (χ3n) is 3.95. The predicted octanol–water partition coefficient (Wildman–Crippen LogP) is 1.82. The zero-order chi connectivity index (χ0) is 19.4. The Hall–Kier alpha value is -3.20. The summed E-state index contributed by atoms with van der Waals surface area (Å²) in [4.78, 5) is 12.0. The number of carbonyl (C=O) groups is 1. The molecule has 9 heteroatoms. The number of aliphatic hydroxyl groups is 1. The first kappa shape index (κ1) is 18.6. The molecule has 2 aromatic heterocycles. The van der Waals surface area contributed by atoms with E-state index in [1.165, 1.54) is 22.9 Å². The minimum Gasteiger partial charge on any atom is -0.471 e. The number of hydrogen-bond acceptors (Lipinski definition) is 6. The van der Waals surface area contributed by atoms with Gasteiger partial charge in [-0.2, -0.15) is 0 Å². The van der Waals surface area contributed by atoms with Gasteiger partial charge in [0.15, 0.2) is 0 Å². The van der Waals surface area contributed by atoms with E-state index in [2.05, 4.69) is 15.6 Å². The third-order valence-corrected chi connectivity index (χ3v) is 3.95. The lowest BCUT2D eigenvalue weighted by atomic mass is 10.1. The molecule has 142 valence electrons. The van der Waals surface area contributed by atoms with Crippen LogP contribution in [0.1, 0.15) is 21.8 Å². The van der Waals surface area contributed by atoms with Crippen LogP contribution in [0.5, 0.6) is 5.88 Å². The molecule has 1 amide bonds. The van der Waals surface area contributed by atoms with Crippen LogP contribution in [0.4, 0.5) is 4.39 Å². The van der Waals surface area contributed by atoms with Crippen molar-refractivity contribution in [2.75, 3.05) is 13.2 Å². The van der Waals surface area contributed by atoms with E-state index in [0.717, 1.165) is 0 Å². The summed E-state index contributed by atoms with van der Waals surface area (Å²) < 4.78 is 25.5. The molecule has 0 unspecified atom stereocenters. The highest BCUT2D eigenvalue weighted by molar-refractivity contribution is 5.92. The van der Waals surface area contributed by atoms with Gasteiger partial charge in [0.1, 0.15) is 29.6 Å². The summed E-state index contributed by atoms with van der Waals surface area (Å²) in [6, 6.07) is 7.42. The summed E-state index contributed by atoms with van der Waals surface area (Å²) in [5, 5.41) is 19.5. The van der Waals surface area contributed by atoms with Gasteiger partial charge >= 0.3 is 0 Å². The second kappa shape index (κ2) is 8.00. The number of amides is 1. The standard InChI is InChI=1S/C18H19FN4O4/c1-11-14(17(22-27-11)12-3-5-13(19)6-4-12)10-26-16-9-15(23(2)21-16)18(25)20-7-8-24/h3-6,9,24H,7-8,10H2,1-2H3,(H,20,25). The van der Waals surface area contributed by atoms with Gasteiger partial charge in [-0.15, -0.1) is 5.10 Å². The Balaban J connectivity index is 1.75. The van der Waals surface area contributed by atoms with Crippen molar-refractivity contribution in [1.29, 1.82) is 0 Å². The topological polar surface area (TPSA) is 102 Å². The number of aliphatic hydroxyl groups excluding tert-OH is 1. The van der Waals surface area contributed by atoms with Gasteiger partial charge in [0.2, 0.25) is 5.88 Å². The lowest BCUT2D eigenvalue weighted by Crippen LogP contribution is -2.28. The molecule has 2 heterocycles. The number of rotatable bonds is 7. The molecular formula is C18H19FN4O4. The molecule has 0 spiro atoms. The molecule has 0 radical (unpaired) electrons. The molecule has 3 aromatic rings. The van der Waals surface area contributed by atoms with Gasteiger partial charge in [0.25, 0.3) is 5.91 Å². The van der Waals surface area contributed by atoms with Gasteiger partial charge in [0, 0.05) is 25.2 Å². The van der Waals surface area contributed by atoms with Crippen LogP contribution in [-0.4, -0.2) is 39.1 Å². The average molecular weight is 374 g/mol. The molecule has 27 heavy (non-hydrogen) atoms. The Morgan fingerprint density at radius 2 is 2.11 bits per heavy atom. The fourth-order valence-corrected chi connectivity index (χ4v) is 2.53. The van der Waals surface area contributed by atoms with Gasteiger partial charge < -0.3 is 19.7 Å². The molecule has 0 atom stereocenters. The summed E-state index contributed by atoms with van der Waals surface area (Å²) in [6.07, 6.45) is 0. The lowest BCUT2D eigenvalue weighted by Gasteiger charge is -2.04. The predicted molar refractivity (Wildman–Crippen MR) is 93.6 cm³/mol. The highest BCUT2D eigenvalue weighted by Gasteiger charge is 2.18. The molecule has 8 nitrogen and oxygen atoms in total. The molecular weight excluding hydrogens is 355 g/mol. The van der Waals surface area contributed by atoms with Gasteiger partial charge in [-0.1, -0.05) is 5.16 Å². The summed E-state index contributed by atoms with van der Waals surface area (Å²) in [6.45, 7) is 1.88. The van der Waals surface area contributed by atoms with Crippen molar-refractivity contribution in [3.05, 3.63) is 53.2 Å². The van der Waals surface area contributed by atoms with Gasteiger partial charge in [0.05, 0.1) is 12.2 Å². The van der Waals surface area contributed by atoms with E-state index in [-0.39, 0.29) is 37.4 Å². The number of carbonyl (C=O) groups excluding carboxylic acids is 1. The van der Waals surface area contributed by atoms with Crippen molar-refractivity contribution in [2.45, 2.75) is 13.5 Å². The van der Waals surface area contributed by atoms with Crippen molar-refractivity contribution in [3.63, 3.8) is 0 Å². The number of nitrogens with zero attached hydrogens (tertiary/aromatic N) is 3. The molecule has 0 aliphatic rings. The minimum absolute atomic E-state index is 0.122. The van der Waals surface area contributed by atoms with E-state index in [1.807, 2.05) is 0 Å². The monoisotopic (exact) mass is 374 g/mol. The average Bonchev–Trinajstić information content (AvgIpc) is 3.21. The Morgan fingerprint density at radius 1 is 1.37 bits per heavy atom. The van der Waals surface area contributed by atoms with E-state index in [0.29, 0.717) is 28.3 Å². The van der Waals surface area contributed by atoms with Crippen LogP contribution in [0.25, 0.3) is 11.3 Å². The van der Waals surface area contributed by atoms with E-state index < -0.39 is 0 Å². The van der Waals surface area contributed by atoms with Crippen LogP contribution in [0.3, 0.4) is 0 Å². The molecule has 1 aromatic carbocycles. The number of aryl methyl sites for hydroxylation is 2. The maximum atomic E-state index is 13.1. The van der Waals surface area contributed by atoms with Crippen LogP contribution < -0.4 is 10.1 Å². The van der Waals surface area contributed by atoms with E-state index in [1.54, 1.807) is 26.1 Å². The quantitative estimate of drug-likeness (QED) is 0.654. The smallest absolute Gasteiger partial charge is 0.269 e.